The van der Waals surface area contributed by atoms with Crippen LogP contribution >= 0.6 is 0 Å². The first-order valence-corrected chi connectivity index (χ1v) is 10.1. The minimum absolute atomic E-state index is 0.301. The smallest absolute Gasteiger partial charge is 0.177 e. The molecule has 0 radical (unpaired) electrons. The Labute approximate surface area is 168 Å². The van der Waals surface area contributed by atoms with Crippen LogP contribution in [-0.4, -0.2) is 29.1 Å². The van der Waals surface area contributed by atoms with E-state index in [1.54, 1.807) is 0 Å². The predicted molar refractivity (Wildman–Crippen MR) is 113 cm³/mol. The second kappa shape index (κ2) is 5.86. The normalized spacial score (nSPS) is 19.3. The van der Waals surface area contributed by atoms with Crippen molar-refractivity contribution in [2.75, 3.05) is 0 Å². The van der Waals surface area contributed by atoms with E-state index in [1.807, 2.05) is 24.6 Å². The van der Waals surface area contributed by atoms with Crippen LogP contribution in [0.5, 0.6) is 0 Å². The quantitative estimate of drug-likeness (QED) is 0.453. The Morgan fingerprint density at radius 2 is 1.79 bits per heavy atom. The standard InChI is InChI=1S/C23H22N6/c1-13-12-24-14(2)22-26-21(27-29(13)22)17-9-10-18(17)23-25-20-16-7-5-4-6-15(16)8-11-19(20)28(23)3/h4-8,11-12,17-18H,9-10H2,1-3H3. The summed E-state index contributed by atoms with van der Waals surface area (Å²) in [7, 11) is 2.13. The third-order valence-corrected chi connectivity index (χ3v) is 6.47. The van der Waals surface area contributed by atoms with E-state index in [4.69, 9.17) is 15.1 Å². The topological polar surface area (TPSA) is 60.9 Å². The van der Waals surface area contributed by atoms with E-state index in [2.05, 4.69) is 53.0 Å². The third-order valence-electron chi connectivity index (χ3n) is 6.47. The van der Waals surface area contributed by atoms with Gasteiger partial charge in [0.05, 0.1) is 22.4 Å². The SMILES string of the molecule is Cc1ncc(C)n2nc(C3CCC3c3nc4c5ccccc5ccc4n3C)nc12. The van der Waals surface area contributed by atoms with Crippen molar-refractivity contribution in [3.8, 4) is 0 Å². The second-order valence-corrected chi connectivity index (χ2v) is 8.16. The van der Waals surface area contributed by atoms with E-state index >= 15 is 0 Å². The average Bonchev–Trinajstić information content (AvgIpc) is 3.28. The highest BCUT2D eigenvalue weighted by Gasteiger charge is 2.39. The Morgan fingerprint density at radius 1 is 0.966 bits per heavy atom. The summed E-state index contributed by atoms with van der Waals surface area (Å²) in [5.41, 5.74) is 5.06. The van der Waals surface area contributed by atoms with Gasteiger partial charge in [-0.3, -0.25) is 4.98 Å². The molecule has 0 saturated heterocycles. The summed E-state index contributed by atoms with van der Waals surface area (Å²) in [4.78, 5) is 14.4. The monoisotopic (exact) mass is 382 g/mol. The molecular formula is C23H22N6. The van der Waals surface area contributed by atoms with Crippen LogP contribution in [0.15, 0.2) is 42.6 Å². The van der Waals surface area contributed by atoms with Gasteiger partial charge in [-0.15, -0.1) is 0 Å². The van der Waals surface area contributed by atoms with Crippen LogP contribution in [0.3, 0.4) is 0 Å². The summed E-state index contributed by atoms with van der Waals surface area (Å²) in [6, 6.07) is 12.8. The minimum Gasteiger partial charge on any atom is -0.331 e. The lowest BCUT2D eigenvalue weighted by Gasteiger charge is -2.33. The van der Waals surface area contributed by atoms with Crippen molar-refractivity contribution >= 4 is 27.5 Å². The fourth-order valence-corrected chi connectivity index (χ4v) is 4.66. The van der Waals surface area contributed by atoms with Gasteiger partial charge in [0, 0.05) is 30.5 Å². The van der Waals surface area contributed by atoms with Crippen molar-refractivity contribution in [3.63, 3.8) is 0 Å². The van der Waals surface area contributed by atoms with Crippen molar-refractivity contribution in [2.45, 2.75) is 38.5 Å². The molecule has 3 aromatic heterocycles. The number of rotatable bonds is 2. The molecule has 5 aromatic rings. The molecule has 144 valence electrons. The van der Waals surface area contributed by atoms with Crippen LogP contribution in [0, 0.1) is 13.8 Å². The van der Waals surface area contributed by atoms with E-state index in [0.29, 0.717) is 11.8 Å². The third kappa shape index (κ3) is 2.29. The van der Waals surface area contributed by atoms with Crippen molar-refractivity contribution in [3.05, 3.63) is 65.6 Å². The van der Waals surface area contributed by atoms with Crippen LogP contribution in [-0.2, 0) is 7.05 Å². The molecule has 2 atom stereocenters. The summed E-state index contributed by atoms with van der Waals surface area (Å²) in [5, 5.41) is 7.28. The highest BCUT2D eigenvalue weighted by atomic mass is 15.3. The Morgan fingerprint density at radius 3 is 2.59 bits per heavy atom. The lowest BCUT2D eigenvalue weighted by atomic mass is 9.72. The van der Waals surface area contributed by atoms with Crippen molar-refractivity contribution in [1.29, 1.82) is 0 Å². The number of fused-ring (bicyclic) bond motifs is 4. The van der Waals surface area contributed by atoms with Crippen LogP contribution in [0.25, 0.3) is 27.5 Å². The lowest BCUT2D eigenvalue weighted by molar-refractivity contribution is 0.315. The highest BCUT2D eigenvalue weighted by molar-refractivity contribution is 6.04. The van der Waals surface area contributed by atoms with E-state index in [0.717, 1.165) is 47.0 Å². The number of hydrogen-bond donors (Lipinski definition) is 0. The Hall–Kier alpha value is -3.28. The first kappa shape index (κ1) is 16.7. The van der Waals surface area contributed by atoms with Crippen molar-refractivity contribution < 1.29 is 0 Å². The molecule has 0 aliphatic heterocycles. The average molecular weight is 382 g/mol. The van der Waals surface area contributed by atoms with Gasteiger partial charge in [0.2, 0.25) is 0 Å². The molecule has 1 saturated carbocycles. The summed E-state index contributed by atoms with van der Waals surface area (Å²) >= 11 is 0. The van der Waals surface area contributed by atoms with Crippen molar-refractivity contribution in [2.24, 2.45) is 7.05 Å². The number of nitrogens with zero attached hydrogens (tertiary/aromatic N) is 6. The number of benzene rings is 2. The van der Waals surface area contributed by atoms with Gasteiger partial charge in [-0.2, -0.15) is 5.10 Å². The number of aryl methyl sites for hydroxylation is 3. The van der Waals surface area contributed by atoms with Gasteiger partial charge in [-0.25, -0.2) is 14.5 Å². The molecular weight excluding hydrogens is 360 g/mol. The molecule has 0 N–H and O–H groups in total. The minimum atomic E-state index is 0.301. The maximum atomic E-state index is 5.12. The van der Waals surface area contributed by atoms with E-state index in [1.165, 1.54) is 16.3 Å². The highest BCUT2D eigenvalue weighted by Crippen LogP contribution is 2.48. The molecule has 6 heteroatoms. The molecule has 6 rings (SSSR count). The second-order valence-electron chi connectivity index (χ2n) is 8.16. The van der Waals surface area contributed by atoms with E-state index < -0.39 is 0 Å². The summed E-state index contributed by atoms with van der Waals surface area (Å²) in [6.45, 7) is 4.01. The zero-order chi connectivity index (χ0) is 19.7. The molecule has 1 aliphatic carbocycles. The maximum Gasteiger partial charge on any atom is 0.177 e. The fourth-order valence-electron chi connectivity index (χ4n) is 4.66. The molecule has 0 spiro atoms. The van der Waals surface area contributed by atoms with Crippen molar-refractivity contribution in [1.82, 2.24) is 29.1 Å². The molecule has 1 aliphatic rings. The first-order chi connectivity index (χ1) is 14.1. The zero-order valence-corrected chi connectivity index (χ0v) is 16.8. The summed E-state index contributed by atoms with van der Waals surface area (Å²) in [5.74, 6) is 2.70. The number of aromatic nitrogens is 6. The zero-order valence-electron chi connectivity index (χ0n) is 16.8. The molecule has 29 heavy (non-hydrogen) atoms. The summed E-state index contributed by atoms with van der Waals surface area (Å²) < 4.78 is 4.18. The van der Waals surface area contributed by atoms with Crippen LogP contribution in [0.1, 0.15) is 47.7 Å². The Balaban J connectivity index is 1.47. The Bertz CT molecular complexity index is 1370. The van der Waals surface area contributed by atoms with Crippen LogP contribution in [0.2, 0.25) is 0 Å². The molecule has 6 nitrogen and oxygen atoms in total. The molecule has 3 heterocycles. The maximum absolute atomic E-state index is 5.12. The molecule has 1 fully saturated rings. The van der Waals surface area contributed by atoms with E-state index in [-0.39, 0.29) is 0 Å². The van der Waals surface area contributed by atoms with Gasteiger partial charge in [-0.05, 0) is 38.1 Å². The number of hydrogen-bond acceptors (Lipinski definition) is 4. The first-order valence-electron chi connectivity index (χ1n) is 10.1. The predicted octanol–water partition coefficient (Wildman–Crippen LogP) is 4.44. The van der Waals surface area contributed by atoms with Crippen LogP contribution < -0.4 is 0 Å². The molecule has 2 aromatic carbocycles. The fraction of sp³-hybridized carbons (Fsp3) is 0.304. The summed E-state index contributed by atoms with van der Waals surface area (Å²) in [6.07, 6.45) is 4.07. The lowest BCUT2D eigenvalue weighted by Crippen LogP contribution is -2.25. The Kier molecular flexibility index (Phi) is 3.37. The van der Waals surface area contributed by atoms with Gasteiger partial charge >= 0.3 is 0 Å². The molecule has 0 amide bonds. The molecule has 0 bridgehead atoms. The number of imidazole rings is 1. The van der Waals surface area contributed by atoms with Gasteiger partial charge in [0.25, 0.3) is 0 Å². The largest absolute Gasteiger partial charge is 0.331 e. The molecule has 2 unspecified atom stereocenters. The van der Waals surface area contributed by atoms with Crippen LogP contribution in [0.4, 0.5) is 0 Å². The van der Waals surface area contributed by atoms with Gasteiger partial charge in [0.15, 0.2) is 11.5 Å². The van der Waals surface area contributed by atoms with Gasteiger partial charge in [-0.1, -0.05) is 30.3 Å². The van der Waals surface area contributed by atoms with Gasteiger partial charge < -0.3 is 4.57 Å². The van der Waals surface area contributed by atoms with E-state index in [9.17, 15) is 0 Å². The van der Waals surface area contributed by atoms with Gasteiger partial charge in [0.1, 0.15) is 5.82 Å².